The number of carbonyl (C=O) groups is 2. The number of ether oxygens (including phenoxy) is 1. The van der Waals surface area contributed by atoms with Gasteiger partial charge in [-0.15, -0.1) is 0 Å². The maximum absolute atomic E-state index is 11.4. The van der Waals surface area contributed by atoms with E-state index in [1.807, 2.05) is 48.5 Å². The normalized spacial score (nSPS) is 14.2. The van der Waals surface area contributed by atoms with Crippen molar-refractivity contribution in [1.82, 2.24) is 0 Å². The fourth-order valence-corrected chi connectivity index (χ4v) is 2.86. The van der Waals surface area contributed by atoms with E-state index in [-0.39, 0.29) is 6.47 Å². The standard InChI is InChI=1S/C16H12O4/c17-9-20-15(16(18)19)14-12-7-3-1-5-10(12)11-6-2-4-8-13(11)14/h1-9,14-15H,(H,18,19). The summed E-state index contributed by atoms with van der Waals surface area (Å²) in [6.45, 7) is 0.197. The zero-order valence-corrected chi connectivity index (χ0v) is 10.5. The summed E-state index contributed by atoms with van der Waals surface area (Å²) < 4.78 is 4.82. The lowest BCUT2D eigenvalue weighted by atomic mass is 9.91. The maximum Gasteiger partial charge on any atom is 0.346 e. The van der Waals surface area contributed by atoms with Gasteiger partial charge in [-0.25, -0.2) is 4.79 Å². The van der Waals surface area contributed by atoms with Crippen LogP contribution in [0.2, 0.25) is 0 Å². The van der Waals surface area contributed by atoms with Crippen LogP contribution in [0.4, 0.5) is 0 Å². The van der Waals surface area contributed by atoms with Crippen molar-refractivity contribution in [2.45, 2.75) is 12.0 Å². The van der Waals surface area contributed by atoms with Crippen molar-refractivity contribution in [2.24, 2.45) is 0 Å². The molecule has 0 aliphatic heterocycles. The lowest BCUT2D eigenvalue weighted by Crippen LogP contribution is -2.30. The fourth-order valence-electron chi connectivity index (χ4n) is 2.86. The minimum absolute atomic E-state index is 0.197. The van der Waals surface area contributed by atoms with Gasteiger partial charge in [0.2, 0.25) is 6.10 Å². The molecule has 0 fully saturated rings. The number of carboxylic acids is 1. The first kappa shape index (κ1) is 12.4. The van der Waals surface area contributed by atoms with Gasteiger partial charge in [-0.05, 0) is 22.3 Å². The van der Waals surface area contributed by atoms with Crippen LogP contribution in [0.5, 0.6) is 0 Å². The van der Waals surface area contributed by atoms with Crippen LogP contribution in [0.3, 0.4) is 0 Å². The molecule has 0 bridgehead atoms. The molecule has 3 rings (SSSR count). The largest absolute Gasteiger partial charge is 0.478 e. The third-order valence-electron chi connectivity index (χ3n) is 3.63. The summed E-state index contributed by atoms with van der Waals surface area (Å²) in [5, 5.41) is 9.33. The predicted molar refractivity (Wildman–Crippen MR) is 72.3 cm³/mol. The topological polar surface area (TPSA) is 63.6 Å². The van der Waals surface area contributed by atoms with E-state index in [0.29, 0.717) is 0 Å². The quantitative estimate of drug-likeness (QED) is 0.865. The third-order valence-corrected chi connectivity index (χ3v) is 3.63. The first-order valence-corrected chi connectivity index (χ1v) is 6.24. The highest BCUT2D eigenvalue weighted by Gasteiger charge is 2.39. The second-order valence-electron chi connectivity index (χ2n) is 4.64. The molecule has 0 spiro atoms. The molecule has 1 N–H and O–H groups in total. The van der Waals surface area contributed by atoms with Crippen LogP contribution >= 0.6 is 0 Å². The number of benzene rings is 2. The van der Waals surface area contributed by atoms with Gasteiger partial charge in [0.1, 0.15) is 0 Å². The molecule has 1 atom stereocenters. The minimum atomic E-state index is -1.21. The van der Waals surface area contributed by atoms with E-state index >= 15 is 0 Å². The van der Waals surface area contributed by atoms with Crippen LogP contribution in [0.1, 0.15) is 17.0 Å². The van der Waals surface area contributed by atoms with E-state index < -0.39 is 18.0 Å². The molecule has 4 heteroatoms. The molecule has 1 aliphatic rings. The highest BCUT2D eigenvalue weighted by Crippen LogP contribution is 2.46. The van der Waals surface area contributed by atoms with Gasteiger partial charge in [-0.2, -0.15) is 0 Å². The number of carbonyl (C=O) groups excluding carboxylic acids is 1. The number of rotatable bonds is 4. The highest BCUT2D eigenvalue weighted by molar-refractivity contribution is 5.84. The van der Waals surface area contributed by atoms with E-state index in [4.69, 9.17) is 4.74 Å². The van der Waals surface area contributed by atoms with Crippen LogP contribution in [0, 0.1) is 0 Å². The number of carboxylic acid groups (broad SMARTS) is 1. The lowest BCUT2D eigenvalue weighted by molar-refractivity contribution is -0.157. The van der Waals surface area contributed by atoms with E-state index in [0.717, 1.165) is 22.3 Å². The molecule has 2 aromatic rings. The van der Waals surface area contributed by atoms with Crippen molar-refractivity contribution < 1.29 is 19.4 Å². The zero-order chi connectivity index (χ0) is 14.1. The molecule has 1 aliphatic carbocycles. The van der Waals surface area contributed by atoms with Crippen molar-refractivity contribution in [3.05, 3.63) is 59.7 Å². The Bertz CT molecular complexity index is 632. The molecule has 0 amide bonds. The van der Waals surface area contributed by atoms with E-state index in [1.165, 1.54) is 0 Å². The number of hydrogen-bond donors (Lipinski definition) is 1. The third kappa shape index (κ3) is 1.77. The minimum Gasteiger partial charge on any atom is -0.478 e. The van der Waals surface area contributed by atoms with E-state index in [1.54, 1.807) is 0 Å². The Balaban J connectivity index is 2.20. The summed E-state index contributed by atoms with van der Waals surface area (Å²) in [5.74, 6) is -1.61. The Labute approximate surface area is 115 Å². The first-order valence-electron chi connectivity index (χ1n) is 6.24. The fraction of sp³-hybridized carbons (Fsp3) is 0.125. The molecular formula is C16H12O4. The van der Waals surface area contributed by atoms with Crippen molar-refractivity contribution in [3.8, 4) is 11.1 Å². The number of hydrogen-bond acceptors (Lipinski definition) is 3. The summed E-state index contributed by atoms with van der Waals surface area (Å²) in [5.41, 5.74) is 3.74. The predicted octanol–water partition coefficient (Wildman–Crippen LogP) is 2.43. The molecule has 100 valence electrons. The molecule has 0 saturated carbocycles. The van der Waals surface area contributed by atoms with Crippen molar-refractivity contribution in [3.63, 3.8) is 0 Å². The Morgan fingerprint density at radius 1 is 1.05 bits per heavy atom. The van der Waals surface area contributed by atoms with E-state index in [9.17, 15) is 14.7 Å². The van der Waals surface area contributed by atoms with Gasteiger partial charge in [0, 0.05) is 0 Å². The van der Waals surface area contributed by atoms with E-state index in [2.05, 4.69) is 0 Å². The first-order chi connectivity index (χ1) is 9.74. The lowest BCUT2D eigenvalue weighted by Gasteiger charge is -2.20. The molecular weight excluding hydrogens is 256 g/mol. The van der Waals surface area contributed by atoms with Crippen molar-refractivity contribution in [2.75, 3.05) is 0 Å². The second kappa shape index (κ2) is 4.81. The Morgan fingerprint density at radius 2 is 1.55 bits per heavy atom. The molecule has 20 heavy (non-hydrogen) atoms. The van der Waals surface area contributed by atoms with Crippen molar-refractivity contribution in [1.29, 1.82) is 0 Å². The van der Waals surface area contributed by atoms with Crippen LogP contribution in [0.25, 0.3) is 11.1 Å². The van der Waals surface area contributed by atoms with Crippen LogP contribution in [-0.2, 0) is 14.3 Å². The molecule has 1 unspecified atom stereocenters. The van der Waals surface area contributed by atoms with Gasteiger partial charge in [0.15, 0.2) is 0 Å². The zero-order valence-electron chi connectivity index (χ0n) is 10.5. The van der Waals surface area contributed by atoms with Crippen LogP contribution in [0.15, 0.2) is 48.5 Å². The number of aliphatic carboxylic acids is 1. The number of fused-ring (bicyclic) bond motifs is 3. The van der Waals surface area contributed by atoms with Gasteiger partial charge in [-0.1, -0.05) is 48.5 Å². The Kier molecular flexibility index (Phi) is 2.99. The monoisotopic (exact) mass is 268 g/mol. The molecule has 2 aromatic carbocycles. The SMILES string of the molecule is O=COC(C(=O)O)C1c2ccccc2-c2ccccc21. The molecule has 0 saturated heterocycles. The van der Waals surface area contributed by atoms with Gasteiger partial charge < -0.3 is 9.84 Å². The Hall–Kier alpha value is -2.62. The summed E-state index contributed by atoms with van der Waals surface area (Å²) in [6, 6.07) is 15.2. The van der Waals surface area contributed by atoms with Gasteiger partial charge in [0.05, 0.1) is 5.92 Å². The molecule has 0 heterocycles. The van der Waals surface area contributed by atoms with Gasteiger partial charge in [0.25, 0.3) is 6.47 Å². The van der Waals surface area contributed by atoms with Gasteiger partial charge in [-0.3, -0.25) is 4.79 Å². The molecule has 0 radical (unpaired) electrons. The molecule has 0 aromatic heterocycles. The van der Waals surface area contributed by atoms with Crippen LogP contribution in [-0.4, -0.2) is 23.7 Å². The summed E-state index contributed by atoms with van der Waals surface area (Å²) >= 11 is 0. The Morgan fingerprint density at radius 3 is 2.00 bits per heavy atom. The maximum atomic E-state index is 11.4. The average Bonchev–Trinajstić information content (AvgIpc) is 2.79. The van der Waals surface area contributed by atoms with Gasteiger partial charge >= 0.3 is 5.97 Å². The second-order valence-corrected chi connectivity index (χ2v) is 4.64. The van der Waals surface area contributed by atoms with Crippen molar-refractivity contribution >= 4 is 12.4 Å². The molecule has 4 nitrogen and oxygen atoms in total. The average molecular weight is 268 g/mol. The summed E-state index contributed by atoms with van der Waals surface area (Å²) in [7, 11) is 0. The summed E-state index contributed by atoms with van der Waals surface area (Å²) in [4.78, 5) is 22.0. The smallest absolute Gasteiger partial charge is 0.346 e. The summed E-state index contributed by atoms with van der Waals surface area (Å²) in [6.07, 6.45) is -1.21. The highest BCUT2D eigenvalue weighted by atomic mass is 16.5. The van der Waals surface area contributed by atoms with Crippen LogP contribution < -0.4 is 0 Å².